The standard InChI is InChI=1S/C25H27N7O4/c1-35-18-8-4-7-17-20(18)15-5-2-3-6-16(15)31(17)10-9-27-11-19-22(33)25(34,12-36-19)32-14-30-21-23(26)28-13-29-24(21)32/h2-8,13-14,19,22,27,33-34H,9-12H2,1H3,(H2,26,28,29). The van der Waals surface area contributed by atoms with Gasteiger partial charge in [-0.1, -0.05) is 24.3 Å². The SMILES string of the molecule is COc1cccc2c1c1ccccc1n2CCNCC1OCC(O)(n2cnc3c(N)ncnc32)C1O. The van der Waals surface area contributed by atoms with Crippen molar-refractivity contribution in [1.82, 2.24) is 29.4 Å². The molecule has 5 aromatic rings. The van der Waals surface area contributed by atoms with E-state index in [0.29, 0.717) is 30.8 Å². The van der Waals surface area contributed by atoms with Gasteiger partial charge in [0.1, 0.15) is 29.8 Å². The van der Waals surface area contributed by atoms with Gasteiger partial charge in [-0.15, -0.1) is 0 Å². The summed E-state index contributed by atoms with van der Waals surface area (Å²) in [4.78, 5) is 12.3. The molecule has 0 bridgehead atoms. The predicted molar refractivity (Wildman–Crippen MR) is 135 cm³/mol. The maximum atomic E-state index is 11.3. The molecule has 3 atom stereocenters. The summed E-state index contributed by atoms with van der Waals surface area (Å²) >= 11 is 0. The molecule has 11 heteroatoms. The van der Waals surface area contributed by atoms with E-state index in [-0.39, 0.29) is 12.4 Å². The lowest BCUT2D eigenvalue weighted by Gasteiger charge is -2.28. The molecule has 36 heavy (non-hydrogen) atoms. The Kier molecular flexibility index (Phi) is 5.49. The molecule has 0 aliphatic carbocycles. The minimum absolute atomic E-state index is 0.109. The number of ether oxygens (including phenoxy) is 2. The van der Waals surface area contributed by atoms with Crippen LogP contribution in [0.15, 0.2) is 55.1 Å². The Labute approximate surface area is 206 Å². The zero-order valence-corrected chi connectivity index (χ0v) is 19.7. The van der Waals surface area contributed by atoms with Crippen molar-refractivity contribution in [3.05, 3.63) is 55.1 Å². The summed E-state index contributed by atoms with van der Waals surface area (Å²) < 4.78 is 15.1. The Bertz CT molecular complexity index is 1560. The number of anilines is 1. The van der Waals surface area contributed by atoms with Crippen molar-refractivity contribution in [2.75, 3.05) is 32.5 Å². The van der Waals surface area contributed by atoms with Crippen molar-refractivity contribution in [1.29, 1.82) is 0 Å². The molecule has 3 aromatic heterocycles. The molecular weight excluding hydrogens is 462 g/mol. The van der Waals surface area contributed by atoms with Gasteiger partial charge in [-0.3, -0.25) is 4.57 Å². The molecule has 1 saturated heterocycles. The summed E-state index contributed by atoms with van der Waals surface area (Å²) in [5.74, 6) is 1.05. The van der Waals surface area contributed by atoms with Crippen molar-refractivity contribution in [2.45, 2.75) is 24.5 Å². The Morgan fingerprint density at radius 1 is 1.17 bits per heavy atom. The number of imidazole rings is 1. The number of nitrogens with one attached hydrogen (secondary N) is 1. The molecule has 1 aliphatic rings. The zero-order chi connectivity index (χ0) is 24.9. The first-order chi connectivity index (χ1) is 17.5. The van der Waals surface area contributed by atoms with Crippen LogP contribution in [0.3, 0.4) is 0 Å². The molecule has 6 rings (SSSR count). The van der Waals surface area contributed by atoms with E-state index in [2.05, 4.69) is 43.0 Å². The van der Waals surface area contributed by atoms with E-state index in [1.54, 1.807) is 7.11 Å². The summed E-state index contributed by atoms with van der Waals surface area (Å²) in [6, 6.07) is 14.3. The molecule has 4 heterocycles. The zero-order valence-electron chi connectivity index (χ0n) is 19.7. The van der Waals surface area contributed by atoms with Crippen LogP contribution in [-0.4, -0.2) is 73.3 Å². The van der Waals surface area contributed by atoms with Gasteiger partial charge in [0.2, 0.25) is 0 Å². The first-order valence-electron chi connectivity index (χ1n) is 11.7. The van der Waals surface area contributed by atoms with Crippen LogP contribution in [0.2, 0.25) is 0 Å². The van der Waals surface area contributed by atoms with E-state index in [1.807, 2.05) is 24.3 Å². The molecule has 1 fully saturated rings. The number of fused-ring (bicyclic) bond motifs is 4. The second kappa shape index (κ2) is 8.71. The third kappa shape index (κ3) is 3.39. The monoisotopic (exact) mass is 489 g/mol. The Morgan fingerprint density at radius 3 is 2.86 bits per heavy atom. The van der Waals surface area contributed by atoms with Crippen LogP contribution in [-0.2, 0) is 17.0 Å². The molecule has 2 aromatic carbocycles. The number of nitrogens with zero attached hydrogens (tertiary/aromatic N) is 5. The molecule has 5 N–H and O–H groups in total. The van der Waals surface area contributed by atoms with Crippen molar-refractivity contribution >= 4 is 38.8 Å². The largest absolute Gasteiger partial charge is 0.496 e. The first kappa shape index (κ1) is 22.7. The van der Waals surface area contributed by atoms with Crippen molar-refractivity contribution < 1.29 is 19.7 Å². The predicted octanol–water partition coefficient (Wildman–Crippen LogP) is 1.22. The molecule has 11 nitrogen and oxygen atoms in total. The number of aliphatic hydroxyl groups is 2. The van der Waals surface area contributed by atoms with E-state index in [0.717, 1.165) is 27.6 Å². The fourth-order valence-corrected chi connectivity index (χ4v) is 5.13. The second-order valence-electron chi connectivity index (χ2n) is 8.95. The number of aliphatic hydroxyl groups excluding tert-OH is 1. The summed E-state index contributed by atoms with van der Waals surface area (Å²) in [6.07, 6.45) is 0.875. The number of rotatable bonds is 7. The first-order valence-corrected chi connectivity index (χ1v) is 11.7. The molecule has 1 aliphatic heterocycles. The smallest absolute Gasteiger partial charge is 0.197 e. The van der Waals surface area contributed by atoms with Crippen LogP contribution < -0.4 is 15.8 Å². The summed E-state index contributed by atoms with van der Waals surface area (Å²) in [7, 11) is 1.69. The summed E-state index contributed by atoms with van der Waals surface area (Å²) in [5.41, 5.74) is 7.06. The average Bonchev–Trinajstić information content (AvgIpc) is 3.56. The molecule has 0 saturated carbocycles. The van der Waals surface area contributed by atoms with Gasteiger partial charge >= 0.3 is 0 Å². The minimum Gasteiger partial charge on any atom is -0.496 e. The van der Waals surface area contributed by atoms with Crippen LogP contribution in [0.1, 0.15) is 0 Å². The number of nitrogens with two attached hydrogens (primary N) is 1. The lowest BCUT2D eigenvalue weighted by Crippen LogP contribution is -2.48. The molecule has 0 spiro atoms. The van der Waals surface area contributed by atoms with Crippen LogP contribution in [0.25, 0.3) is 33.0 Å². The lowest BCUT2D eigenvalue weighted by molar-refractivity contribution is -0.107. The Balaban J connectivity index is 1.17. The third-order valence-electron chi connectivity index (χ3n) is 6.95. The van der Waals surface area contributed by atoms with Gasteiger partial charge < -0.3 is 35.3 Å². The summed E-state index contributed by atoms with van der Waals surface area (Å²) in [5, 5.41) is 27.8. The van der Waals surface area contributed by atoms with Crippen molar-refractivity contribution in [2.24, 2.45) is 0 Å². The van der Waals surface area contributed by atoms with Crippen LogP contribution in [0, 0.1) is 0 Å². The van der Waals surface area contributed by atoms with Gasteiger partial charge in [-0.2, -0.15) is 0 Å². The molecular formula is C25H27N7O4. The molecule has 0 radical (unpaired) electrons. The average molecular weight is 490 g/mol. The summed E-state index contributed by atoms with van der Waals surface area (Å²) in [6.45, 7) is 1.58. The van der Waals surface area contributed by atoms with Gasteiger partial charge in [0, 0.05) is 35.9 Å². The van der Waals surface area contributed by atoms with Gasteiger partial charge in [0.25, 0.3) is 0 Å². The number of hydrogen-bond donors (Lipinski definition) is 4. The van der Waals surface area contributed by atoms with Crippen molar-refractivity contribution in [3.63, 3.8) is 0 Å². The molecule has 3 unspecified atom stereocenters. The Morgan fingerprint density at radius 2 is 2.00 bits per heavy atom. The normalized spacial score (nSPS) is 22.2. The van der Waals surface area contributed by atoms with E-state index in [9.17, 15) is 10.2 Å². The Hall–Kier alpha value is -3.77. The van der Waals surface area contributed by atoms with Crippen LogP contribution in [0.4, 0.5) is 5.82 Å². The van der Waals surface area contributed by atoms with E-state index >= 15 is 0 Å². The van der Waals surface area contributed by atoms with Crippen molar-refractivity contribution in [3.8, 4) is 5.75 Å². The maximum Gasteiger partial charge on any atom is 0.197 e. The van der Waals surface area contributed by atoms with Gasteiger partial charge in [0.15, 0.2) is 17.2 Å². The van der Waals surface area contributed by atoms with E-state index in [1.165, 1.54) is 17.2 Å². The van der Waals surface area contributed by atoms with E-state index in [4.69, 9.17) is 15.2 Å². The highest BCUT2D eigenvalue weighted by Gasteiger charge is 2.50. The number of aromatic nitrogens is 5. The van der Waals surface area contributed by atoms with Gasteiger partial charge in [-0.05, 0) is 18.2 Å². The second-order valence-corrected chi connectivity index (χ2v) is 8.95. The molecule has 186 valence electrons. The lowest BCUT2D eigenvalue weighted by atomic mass is 10.1. The highest BCUT2D eigenvalue weighted by molar-refractivity contribution is 6.11. The van der Waals surface area contributed by atoms with Gasteiger partial charge in [-0.25, -0.2) is 15.0 Å². The minimum atomic E-state index is -1.72. The number of para-hydroxylation sites is 1. The number of methoxy groups -OCH3 is 1. The fraction of sp³-hybridized carbons (Fsp3) is 0.320. The van der Waals surface area contributed by atoms with E-state index < -0.39 is 17.9 Å². The molecule has 0 amide bonds. The number of hydrogen-bond acceptors (Lipinski definition) is 9. The van der Waals surface area contributed by atoms with Crippen LogP contribution in [0.5, 0.6) is 5.75 Å². The quantitative estimate of drug-likeness (QED) is 0.248. The third-order valence-corrected chi connectivity index (χ3v) is 6.95. The highest BCUT2D eigenvalue weighted by atomic mass is 16.5. The fourth-order valence-electron chi connectivity index (χ4n) is 5.13. The number of nitrogen functional groups attached to an aromatic ring is 1. The van der Waals surface area contributed by atoms with Crippen LogP contribution >= 0.6 is 0 Å². The number of benzene rings is 2. The topological polar surface area (TPSA) is 146 Å². The maximum absolute atomic E-state index is 11.3. The van der Waals surface area contributed by atoms with Gasteiger partial charge in [0.05, 0.1) is 25.6 Å². The highest BCUT2D eigenvalue weighted by Crippen LogP contribution is 2.35.